The van der Waals surface area contributed by atoms with Gasteiger partial charge in [-0.3, -0.25) is 14.5 Å². The maximum Gasteiger partial charge on any atom is 0.410 e. The van der Waals surface area contributed by atoms with Crippen molar-refractivity contribution in [2.45, 2.75) is 44.4 Å². The van der Waals surface area contributed by atoms with E-state index in [-0.39, 0.29) is 18.3 Å². The lowest BCUT2D eigenvalue weighted by Crippen LogP contribution is -2.51. The molecule has 2 fully saturated rings. The number of ketones is 1. The minimum Gasteiger partial charge on any atom is -0.445 e. The van der Waals surface area contributed by atoms with Crippen LogP contribution in [0.5, 0.6) is 0 Å². The maximum atomic E-state index is 13.5. The Balaban J connectivity index is 1.28. The number of ether oxygens (including phenoxy) is 1. The van der Waals surface area contributed by atoms with E-state index in [0.717, 1.165) is 28.6 Å². The predicted molar refractivity (Wildman–Crippen MR) is 125 cm³/mol. The van der Waals surface area contributed by atoms with E-state index in [2.05, 4.69) is 4.98 Å². The van der Waals surface area contributed by atoms with E-state index in [0.29, 0.717) is 30.9 Å². The zero-order chi connectivity index (χ0) is 22.8. The number of rotatable bonds is 5. The summed E-state index contributed by atoms with van der Waals surface area (Å²) in [4.78, 5) is 47.1. The molecule has 0 N–H and O–H groups in total. The molecule has 0 bridgehead atoms. The van der Waals surface area contributed by atoms with E-state index in [1.54, 1.807) is 4.90 Å². The summed E-state index contributed by atoms with van der Waals surface area (Å²) in [5.41, 5.74) is 1.69. The number of benzene rings is 2. The van der Waals surface area contributed by atoms with Gasteiger partial charge in [-0.1, -0.05) is 42.5 Å². The zero-order valence-corrected chi connectivity index (χ0v) is 19.0. The molecule has 2 saturated heterocycles. The first kappa shape index (κ1) is 21.6. The molecular weight excluding hydrogens is 438 g/mol. The molecule has 33 heavy (non-hydrogen) atoms. The molecule has 2 aliphatic heterocycles. The second-order valence-corrected chi connectivity index (χ2v) is 9.46. The molecule has 8 heteroatoms. The fraction of sp³-hybridized carbons (Fsp3) is 0.360. The standard InChI is InChI=1S/C25H25N3O4S/c29-22(23-26-18-10-4-5-13-21(18)33-23)19-11-6-14-27(19)24(30)20-12-7-15-28(20)25(31)32-16-17-8-2-1-3-9-17/h1-5,8-10,13,19-20H,6-7,11-12,14-16H2/t19-,20-/m0/s1. The molecule has 0 unspecified atom stereocenters. The zero-order valence-electron chi connectivity index (χ0n) is 18.2. The molecule has 0 aliphatic carbocycles. The second-order valence-electron chi connectivity index (χ2n) is 8.43. The molecule has 2 atom stereocenters. The summed E-state index contributed by atoms with van der Waals surface area (Å²) >= 11 is 1.37. The Bertz CT molecular complexity index is 1150. The van der Waals surface area contributed by atoms with Gasteiger partial charge in [0, 0.05) is 13.1 Å². The van der Waals surface area contributed by atoms with Gasteiger partial charge < -0.3 is 9.64 Å². The number of hydrogen-bond acceptors (Lipinski definition) is 6. The summed E-state index contributed by atoms with van der Waals surface area (Å²) in [5, 5.41) is 0.437. The van der Waals surface area contributed by atoms with Crippen LogP contribution >= 0.6 is 11.3 Å². The van der Waals surface area contributed by atoms with E-state index >= 15 is 0 Å². The van der Waals surface area contributed by atoms with Crippen LogP contribution in [-0.2, 0) is 16.1 Å². The fourth-order valence-electron chi connectivity index (χ4n) is 4.66. The Hall–Kier alpha value is -3.26. The highest BCUT2D eigenvalue weighted by Gasteiger charge is 2.43. The largest absolute Gasteiger partial charge is 0.445 e. The lowest BCUT2D eigenvalue weighted by atomic mass is 10.1. The SMILES string of the molecule is O=C(c1nc2ccccc2s1)[C@@H]1CCCN1C(=O)[C@@H]1CCCN1C(=O)OCc1ccccc1. The molecule has 2 amide bonds. The number of thiazole rings is 1. The summed E-state index contributed by atoms with van der Waals surface area (Å²) in [5.74, 6) is -0.278. The van der Waals surface area contributed by atoms with Crippen molar-refractivity contribution < 1.29 is 19.1 Å². The van der Waals surface area contributed by atoms with Crippen LogP contribution in [0.1, 0.15) is 41.0 Å². The van der Waals surface area contributed by atoms with Crippen molar-refractivity contribution in [1.29, 1.82) is 0 Å². The summed E-state index contributed by atoms with van der Waals surface area (Å²) in [7, 11) is 0. The first-order chi connectivity index (χ1) is 16.1. The molecule has 7 nitrogen and oxygen atoms in total. The Kier molecular flexibility index (Phi) is 6.09. The van der Waals surface area contributed by atoms with Crippen LogP contribution in [0.3, 0.4) is 0 Å². The molecule has 2 aliphatic rings. The topological polar surface area (TPSA) is 79.8 Å². The van der Waals surface area contributed by atoms with Gasteiger partial charge in [-0.15, -0.1) is 11.3 Å². The van der Waals surface area contributed by atoms with Crippen molar-refractivity contribution >= 4 is 39.3 Å². The molecule has 170 valence electrons. The summed E-state index contributed by atoms with van der Waals surface area (Å²) in [6.45, 7) is 1.16. The molecule has 1 aromatic heterocycles. The monoisotopic (exact) mass is 463 g/mol. The maximum absolute atomic E-state index is 13.5. The first-order valence-corrected chi connectivity index (χ1v) is 12.1. The Morgan fingerprint density at radius 1 is 0.909 bits per heavy atom. The highest BCUT2D eigenvalue weighted by Crippen LogP contribution is 2.29. The van der Waals surface area contributed by atoms with Crippen LogP contribution in [0.15, 0.2) is 54.6 Å². The van der Waals surface area contributed by atoms with Crippen molar-refractivity contribution in [2.24, 2.45) is 0 Å². The van der Waals surface area contributed by atoms with Crippen LogP contribution < -0.4 is 0 Å². The summed E-state index contributed by atoms with van der Waals surface area (Å²) in [6.07, 6.45) is 2.21. The second kappa shape index (κ2) is 9.31. The Morgan fingerprint density at radius 3 is 2.39 bits per heavy atom. The third-order valence-corrected chi connectivity index (χ3v) is 7.37. The Morgan fingerprint density at radius 2 is 1.61 bits per heavy atom. The van der Waals surface area contributed by atoms with E-state index in [1.165, 1.54) is 16.2 Å². The van der Waals surface area contributed by atoms with Gasteiger partial charge in [0.15, 0.2) is 5.01 Å². The molecule has 0 radical (unpaired) electrons. The van der Waals surface area contributed by atoms with Crippen molar-refractivity contribution in [2.75, 3.05) is 13.1 Å². The van der Waals surface area contributed by atoms with E-state index in [4.69, 9.17) is 4.74 Å². The van der Waals surface area contributed by atoms with Crippen LogP contribution in [-0.4, -0.2) is 57.7 Å². The van der Waals surface area contributed by atoms with E-state index in [9.17, 15) is 14.4 Å². The number of carbonyl (C=O) groups is 3. The number of nitrogens with zero attached hydrogens (tertiary/aromatic N) is 3. The minimum absolute atomic E-state index is 0.113. The number of fused-ring (bicyclic) bond motifs is 1. The molecule has 0 saturated carbocycles. The lowest BCUT2D eigenvalue weighted by molar-refractivity contribution is -0.135. The van der Waals surface area contributed by atoms with Crippen molar-refractivity contribution in [3.05, 3.63) is 65.2 Å². The smallest absolute Gasteiger partial charge is 0.410 e. The number of hydrogen-bond donors (Lipinski definition) is 0. The normalized spacial score (nSPS) is 20.4. The van der Waals surface area contributed by atoms with Crippen molar-refractivity contribution in [3.8, 4) is 0 Å². The number of para-hydroxylation sites is 1. The highest BCUT2D eigenvalue weighted by atomic mass is 32.1. The van der Waals surface area contributed by atoms with Gasteiger partial charge in [0.05, 0.1) is 16.3 Å². The molecule has 3 aromatic rings. The highest BCUT2D eigenvalue weighted by molar-refractivity contribution is 7.20. The molecular formula is C25H25N3O4S. The van der Waals surface area contributed by atoms with Crippen LogP contribution in [0.25, 0.3) is 10.2 Å². The van der Waals surface area contributed by atoms with Gasteiger partial charge in [0.25, 0.3) is 0 Å². The van der Waals surface area contributed by atoms with Crippen molar-refractivity contribution in [1.82, 2.24) is 14.8 Å². The van der Waals surface area contributed by atoms with Crippen molar-refractivity contribution in [3.63, 3.8) is 0 Å². The quantitative estimate of drug-likeness (QED) is 0.528. The summed E-state index contributed by atoms with van der Waals surface area (Å²) in [6, 6.07) is 16.0. The molecule has 5 rings (SSSR count). The van der Waals surface area contributed by atoms with Gasteiger partial charge in [-0.2, -0.15) is 0 Å². The first-order valence-electron chi connectivity index (χ1n) is 11.3. The van der Waals surface area contributed by atoms with Gasteiger partial charge in [0.1, 0.15) is 12.6 Å². The Labute approximate surface area is 196 Å². The van der Waals surface area contributed by atoms with Crippen LogP contribution in [0, 0.1) is 0 Å². The summed E-state index contributed by atoms with van der Waals surface area (Å²) < 4.78 is 6.43. The number of aromatic nitrogens is 1. The lowest BCUT2D eigenvalue weighted by Gasteiger charge is -2.30. The van der Waals surface area contributed by atoms with Gasteiger partial charge in [0.2, 0.25) is 11.7 Å². The fourth-order valence-corrected chi connectivity index (χ4v) is 5.61. The molecule has 0 spiro atoms. The van der Waals surface area contributed by atoms with E-state index in [1.807, 2.05) is 54.6 Å². The number of amides is 2. The minimum atomic E-state index is -0.586. The molecule has 2 aromatic carbocycles. The van der Waals surface area contributed by atoms with Gasteiger partial charge >= 0.3 is 6.09 Å². The molecule has 3 heterocycles. The van der Waals surface area contributed by atoms with Gasteiger partial charge in [-0.25, -0.2) is 9.78 Å². The third kappa shape index (κ3) is 4.35. The number of carbonyl (C=O) groups excluding carboxylic acids is 3. The third-order valence-electron chi connectivity index (χ3n) is 6.32. The predicted octanol–water partition coefficient (Wildman–Crippen LogP) is 4.27. The van der Waals surface area contributed by atoms with E-state index < -0.39 is 18.2 Å². The van der Waals surface area contributed by atoms with Gasteiger partial charge in [-0.05, 0) is 43.4 Å². The average molecular weight is 464 g/mol. The number of Topliss-reactive ketones (excluding diaryl/α,β-unsaturated/α-hetero) is 1. The number of likely N-dealkylation sites (tertiary alicyclic amines) is 2. The van der Waals surface area contributed by atoms with Crippen LogP contribution in [0.4, 0.5) is 4.79 Å². The van der Waals surface area contributed by atoms with Crippen LogP contribution in [0.2, 0.25) is 0 Å². The average Bonchev–Trinajstić information content (AvgIpc) is 3.61.